The van der Waals surface area contributed by atoms with Crippen LogP contribution in [-0.2, 0) is 0 Å². The lowest BCUT2D eigenvalue weighted by Gasteiger charge is -2.37. The molecule has 0 spiro atoms. The summed E-state index contributed by atoms with van der Waals surface area (Å²) in [5.74, 6) is -0.235. The van der Waals surface area contributed by atoms with Gasteiger partial charge in [0, 0.05) is 28.6 Å². The van der Waals surface area contributed by atoms with E-state index in [2.05, 4.69) is 18.8 Å². The third-order valence-corrected chi connectivity index (χ3v) is 4.74. The van der Waals surface area contributed by atoms with Crippen LogP contribution in [0.2, 0.25) is 0 Å². The number of carbonyl (C=O) groups excluding carboxylic acids is 1. The second-order valence-electron chi connectivity index (χ2n) is 6.52. The van der Waals surface area contributed by atoms with Gasteiger partial charge in [0.1, 0.15) is 5.82 Å². The lowest BCUT2D eigenvalue weighted by molar-refractivity contribution is 0.0699. The van der Waals surface area contributed by atoms with Crippen molar-refractivity contribution < 1.29 is 9.18 Å². The Kier molecular flexibility index (Phi) is 3.15. The molecule has 0 radical (unpaired) electrons. The zero-order valence-electron chi connectivity index (χ0n) is 12.0. The highest BCUT2D eigenvalue weighted by atomic mass is 19.1. The second kappa shape index (κ2) is 4.72. The first kappa shape index (κ1) is 13.3. The standard InChI is InChI=1S/C17H20FNO/c1-17(2)9-4-3-6-12(17)16(20)11-10-19-14-8-5-7-13(18)15(11)14/h5,7-8,10,12,19H,3-4,6,9H2,1-2H3. The second-order valence-corrected chi connectivity index (χ2v) is 6.52. The molecule has 2 nitrogen and oxygen atoms in total. The molecule has 0 aliphatic heterocycles. The summed E-state index contributed by atoms with van der Waals surface area (Å²) in [5.41, 5.74) is 1.21. The summed E-state index contributed by atoms with van der Waals surface area (Å²) in [6.07, 6.45) is 5.91. The molecular weight excluding hydrogens is 253 g/mol. The number of hydrogen-bond donors (Lipinski definition) is 1. The van der Waals surface area contributed by atoms with Gasteiger partial charge in [0.2, 0.25) is 0 Å². The van der Waals surface area contributed by atoms with Gasteiger partial charge in [-0.25, -0.2) is 4.39 Å². The fraction of sp³-hybridized carbons (Fsp3) is 0.471. The highest BCUT2D eigenvalue weighted by molar-refractivity contribution is 6.09. The van der Waals surface area contributed by atoms with Gasteiger partial charge in [-0.05, 0) is 30.4 Å². The van der Waals surface area contributed by atoms with E-state index in [-0.39, 0.29) is 22.9 Å². The molecule has 1 fully saturated rings. The van der Waals surface area contributed by atoms with Crippen molar-refractivity contribution in [2.75, 3.05) is 0 Å². The summed E-state index contributed by atoms with van der Waals surface area (Å²) in [6, 6.07) is 4.88. The lowest BCUT2D eigenvalue weighted by atomic mass is 9.66. The number of benzene rings is 1. The van der Waals surface area contributed by atoms with E-state index in [1.807, 2.05) is 0 Å². The fourth-order valence-electron chi connectivity index (χ4n) is 3.50. The highest BCUT2D eigenvalue weighted by Crippen LogP contribution is 2.43. The minimum absolute atomic E-state index is 0.00415. The summed E-state index contributed by atoms with van der Waals surface area (Å²) in [5, 5.41) is 0.443. The number of nitrogens with one attached hydrogen (secondary N) is 1. The number of rotatable bonds is 2. The zero-order chi connectivity index (χ0) is 14.3. The van der Waals surface area contributed by atoms with Gasteiger partial charge in [-0.3, -0.25) is 4.79 Å². The van der Waals surface area contributed by atoms with Crippen LogP contribution >= 0.6 is 0 Å². The van der Waals surface area contributed by atoms with Crippen LogP contribution in [-0.4, -0.2) is 10.8 Å². The van der Waals surface area contributed by atoms with Gasteiger partial charge in [0.25, 0.3) is 0 Å². The molecule has 1 N–H and O–H groups in total. The van der Waals surface area contributed by atoms with E-state index in [0.717, 1.165) is 19.3 Å². The number of ketones is 1. The molecule has 20 heavy (non-hydrogen) atoms. The number of hydrogen-bond acceptors (Lipinski definition) is 1. The van der Waals surface area contributed by atoms with Crippen LogP contribution in [0, 0.1) is 17.2 Å². The van der Waals surface area contributed by atoms with Gasteiger partial charge in [0.05, 0.1) is 0 Å². The minimum Gasteiger partial charge on any atom is -0.360 e. The SMILES string of the molecule is CC1(C)CCCCC1C(=O)c1c[nH]c2cccc(F)c12. The molecule has 1 aliphatic carbocycles. The maximum Gasteiger partial charge on any atom is 0.168 e. The van der Waals surface area contributed by atoms with E-state index in [1.54, 1.807) is 18.3 Å². The van der Waals surface area contributed by atoms with Crippen molar-refractivity contribution in [2.24, 2.45) is 11.3 Å². The molecule has 2 aromatic rings. The van der Waals surface area contributed by atoms with E-state index in [4.69, 9.17) is 0 Å². The maximum absolute atomic E-state index is 14.0. The van der Waals surface area contributed by atoms with Crippen LogP contribution in [0.1, 0.15) is 49.9 Å². The Morgan fingerprint density at radius 1 is 1.35 bits per heavy atom. The van der Waals surface area contributed by atoms with Gasteiger partial charge in [0.15, 0.2) is 5.78 Å². The van der Waals surface area contributed by atoms with Gasteiger partial charge in [-0.2, -0.15) is 0 Å². The molecule has 0 amide bonds. The van der Waals surface area contributed by atoms with Gasteiger partial charge < -0.3 is 4.98 Å². The molecule has 1 aromatic heterocycles. The Hall–Kier alpha value is -1.64. The van der Waals surface area contributed by atoms with Crippen molar-refractivity contribution in [2.45, 2.75) is 39.5 Å². The molecule has 106 valence electrons. The Morgan fingerprint density at radius 2 is 2.15 bits per heavy atom. The number of Topliss-reactive ketones (excluding diaryl/α,β-unsaturated/α-hetero) is 1. The average Bonchev–Trinajstić information content (AvgIpc) is 2.83. The molecule has 3 heteroatoms. The van der Waals surface area contributed by atoms with Gasteiger partial charge >= 0.3 is 0 Å². The number of aromatic nitrogens is 1. The Labute approximate surface area is 118 Å². The van der Waals surface area contributed by atoms with Crippen molar-refractivity contribution in [1.82, 2.24) is 4.98 Å². The molecule has 1 atom stereocenters. The van der Waals surface area contributed by atoms with Crippen LogP contribution in [0.5, 0.6) is 0 Å². The predicted octanol–water partition coefficient (Wildman–Crippen LogP) is 4.71. The molecule has 0 saturated heterocycles. The first-order valence-corrected chi connectivity index (χ1v) is 7.30. The largest absolute Gasteiger partial charge is 0.360 e. The van der Waals surface area contributed by atoms with E-state index in [1.165, 1.54) is 12.5 Å². The molecule has 1 unspecified atom stereocenters. The first-order valence-electron chi connectivity index (χ1n) is 7.30. The number of aromatic amines is 1. The fourth-order valence-corrected chi connectivity index (χ4v) is 3.50. The number of H-pyrrole nitrogens is 1. The van der Waals surface area contributed by atoms with E-state index in [9.17, 15) is 9.18 Å². The molecule has 1 saturated carbocycles. The maximum atomic E-state index is 14.0. The average molecular weight is 273 g/mol. The first-order chi connectivity index (χ1) is 9.50. The predicted molar refractivity (Wildman–Crippen MR) is 78.3 cm³/mol. The quantitative estimate of drug-likeness (QED) is 0.790. The topological polar surface area (TPSA) is 32.9 Å². The van der Waals surface area contributed by atoms with Crippen molar-refractivity contribution in [3.8, 4) is 0 Å². The molecule has 1 heterocycles. The summed E-state index contributed by atoms with van der Waals surface area (Å²) in [7, 11) is 0. The van der Waals surface area contributed by atoms with E-state index < -0.39 is 0 Å². The van der Waals surface area contributed by atoms with Crippen LogP contribution < -0.4 is 0 Å². The number of carbonyl (C=O) groups is 1. The minimum atomic E-state index is -0.319. The van der Waals surface area contributed by atoms with Crippen LogP contribution in [0.15, 0.2) is 24.4 Å². The molecule has 1 aliphatic rings. The summed E-state index contributed by atoms with van der Waals surface area (Å²) >= 11 is 0. The third kappa shape index (κ3) is 2.05. The Morgan fingerprint density at radius 3 is 2.90 bits per heavy atom. The van der Waals surface area contributed by atoms with Crippen molar-refractivity contribution >= 4 is 16.7 Å². The normalized spacial score (nSPS) is 22.1. The number of fused-ring (bicyclic) bond motifs is 1. The van der Waals surface area contributed by atoms with Crippen LogP contribution in [0.25, 0.3) is 10.9 Å². The third-order valence-electron chi connectivity index (χ3n) is 4.74. The van der Waals surface area contributed by atoms with E-state index in [0.29, 0.717) is 16.5 Å². The van der Waals surface area contributed by atoms with Crippen LogP contribution in [0.4, 0.5) is 4.39 Å². The molecular formula is C17H20FNO. The monoisotopic (exact) mass is 273 g/mol. The lowest BCUT2D eigenvalue weighted by Crippen LogP contribution is -2.34. The summed E-state index contributed by atoms with van der Waals surface area (Å²) in [6.45, 7) is 4.31. The van der Waals surface area contributed by atoms with Crippen molar-refractivity contribution in [3.63, 3.8) is 0 Å². The molecule has 0 bridgehead atoms. The van der Waals surface area contributed by atoms with Crippen LogP contribution in [0.3, 0.4) is 0 Å². The highest BCUT2D eigenvalue weighted by Gasteiger charge is 2.38. The zero-order valence-corrected chi connectivity index (χ0v) is 12.0. The van der Waals surface area contributed by atoms with Crippen molar-refractivity contribution in [1.29, 1.82) is 0 Å². The van der Waals surface area contributed by atoms with Gasteiger partial charge in [-0.15, -0.1) is 0 Å². The Balaban J connectivity index is 2.05. The summed E-state index contributed by atoms with van der Waals surface area (Å²) in [4.78, 5) is 15.9. The van der Waals surface area contributed by atoms with E-state index >= 15 is 0 Å². The van der Waals surface area contributed by atoms with Crippen molar-refractivity contribution in [3.05, 3.63) is 35.8 Å². The van der Waals surface area contributed by atoms with Gasteiger partial charge in [-0.1, -0.05) is 32.8 Å². The smallest absolute Gasteiger partial charge is 0.168 e. The Bertz CT molecular complexity index is 656. The summed E-state index contributed by atoms with van der Waals surface area (Å²) < 4.78 is 14.0. The molecule has 1 aromatic carbocycles. The molecule has 3 rings (SSSR count). The number of halogens is 1.